The number of amides is 1. The number of aliphatic hydroxyl groups excluding tert-OH is 1. The van der Waals surface area contributed by atoms with Crippen molar-refractivity contribution >= 4 is 23.3 Å². The van der Waals surface area contributed by atoms with Gasteiger partial charge in [-0.25, -0.2) is 0 Å². The molecule has 2 aliphatic carbocycles. The first-order valence-electron chi connectivity index (χ1n) is 11.9. The molecule has 1 aliphatic heterocycles. The van der Waals surface area contributed by atoms with Crippen LogP contribution < -0.4 is 15.0 Å². The van der Waals surface area contributed by atoms with Crippen LogP contribution in [0.25, 0.3) is 0 Å². The third-order valence-electron chi connectivity index (χ3n) is 7.31. The maximum atomic E-state index is 12.7. The molecule has 3 aliphatic rings. The van der Waals surface area contributed by atoms with Crippen molar-refractivity contribution < 1.29 is 14.6 Å². The topological polar surface area (TPSA) is 111 Å². The summed E-state index contributed by atoms with van der Waals surface area (Å²) >= 11 is 6.09. The number of nitriles is 1. The maximum absolute atomic E-state index is 12.7. The lowest BCUT2D eigenvalue weighted by Crippen LogP contribution is -2.55. The minimum Gasteiger partial charge on any atom is -0.490 e. The Morgan fingerprint density at radius 3 is 2.59 bits per heavy atom. The summed E-state index contributed by atoms with van der Waals surface area (Å²) in [6.45, 7) is 1.79. The van der Waals surface area contributed by atoms with Gasteiger partial charge >= 0.3 is 0 Å². The van der Waals surface area contributed by atoms with E-state index in [0.717, 1.165) is 63.9 Å². The molecule has 2 saturated carbocycles. The van der Waals surface area contributed by atoms with Crippen LogP contribution in [-0.4, -0.2) is 52.6 Å². The first kappa shape index (κ1) is 22.9. The van der Waals surface area contributed by atoms with Crippen molar-refractivity contribution in [1.29, 1.82) is 5.26 Å². The minimum absolute atomic E-state index is 0.0528. The zero-order valence-corrected chi connectivity index (χ0v) is 19.7. The average molecular weight is 482 g/mol. The van der Waals surface area contributed by atoms with Crippen LogP contribution in [0.4, 0.5) is 5.82 Å². The van der Waals surface area contributed by atoms with E-state index >= 15 is 0 Å². The number of ether oxygens (including phenoxy) is 1. The number of nitrogens with one attached hydrogen (secondary N) is 1. The summed E-state index contributed by atoms with van der Waals surface area (Å²) in [5, 5.41) is 30.7. The monoisotopic (exact) mass is 481 g/mol. The normalized spacial score (nSPS) is 25.4. The fourth-order valence-corrected chi connectivity index (χ4v) is 5.65. The highest BCUT2D eigenvalue weighted by atomic mass is 35.5. The first-order chi connectivity index (χ1) is 16.4. The van der Waals surface area contributed by atoms with Crippen molar-refractivity contribution in [2.75, 3.05) is 18.0 Å². The molecule has 8 nitrogen and oxygen atoms in total. The molecule has 1 spiro atoms. The molecule has 0 radical (unpaired) electrons. The molecule has 2 N–H and O–H groups in total. The number of rotatable bonds is 5. The number of aromatic nitrogens is 2. The SMILES string of the molecule is N#Cc1ccc(OC2CCC(NC(=O)c3ccc(N4CC5(CCC(O)C5)C4)nn3)CC2)cc1Cl. The largest absolute Gasteiger partial charge is 0.490 e. The minimum atomic E-state index is -0.207. The zero-order valence-electron chi connectivity index (χ0n) is 18.9. The molecule has 1 atom stereocenters. The van der Waals surface area contributed by atoms with Crippen molar-refractivity contribution in [3.63, 3.8) is 0 Å². The molecule has 1 aromatic heterocycles. The summed E-state index contributed by atoms with van der Waals surface area (Å²) < 4.78 is 6.02. The highest BCUT2D eigenvalue weighted by molar-refractivity contribution is 6.31. The van der Waals surface area contributed by atoms with Crippen molar-refractivity contribution in [1.82, 2.24) is 15.5 Å². The summed E-state index contributed by atoms with van der Waals surface area (Å²) in [6, 6.07) is 10.8. The zero-order chi connectivity index (χ0) is 23.7. The number of benzene rings is 1. The maximum Gasteiger partial charge on any atom is 0.272 e. The van der Waals surface area contributed by atoms with Gasteiger partial charge in [-0.15, -0.1) is 10.2 Å². The first-order valence-corrected chi connectivity index (χ1v) is 12.2. The highest BCUT2D eigenvalue weighted by Crippen LogP contribution is 2.46. The number of nitrogens with zero attached hydrogens (tertiary/aromatic N) is 4. The van der Waals surface area contributed by atoms with Gasteiger partial charge in [-0.3, -0.25) is 4.79 Å². The Bertz CT molecular complexity index is 1090. The Kier molecular flexibility index (Phi) is 6.32. The van der Waals surface area contributed by atoms with Gasteiger partial charge in [0.1, 0.15) is 11.8 Å². The van der Waals surface area contributed by atoms with Crippen LogP contribution in [0.1, 0.15) is 61.0 Å². The summed E-state index contributed by atoms with van der Waals surface area (Å²) in [4.78, 5) is 14.8. The number of carbonyl (C=O) groups is 1. The molecule has 34 heavy (non-hydrogen) atoms. The van der Waals surface area contributed by atoms with E-state index in [1.807, 2.05) is 12.1 Å². The second-order valence-corrected chi connectivity index (χ2v) is 10.3. The van der Waals surface area contributed by atoms with E-state index in [0.29, 0.717) is 22.0 Å². The van der Waals surface area contributed by atoms with Crippen LogP contribution in [0.3, 0.4) is 0 Å². The lowest BCUT2D eigenvalue weighted by atomic mass is 9.78. The van der Waals surface area contributed by atoms with Crippen LogP contribution in [0, 0.1) is 16.7 Å². The van der Waals surface area contributed by atoms with Gasteiger partial charge in [0.15, 0.2) is 11.5 Å². The molecule has 0 bridgehead atoms. The van der Waals surface area contributed by atoms with Crippen LogP contribution in [-0.2, 0) is 0 Å². The summed E-state index contributed by atoms with van der Waals surface area (Å²) in [5.74, 6) is 1.23. The van der Waals surface area contributed by atoms with Gasteiger partial charge in [0, 0.05) is 30.6 Å². The molecule has 2 heterocycles. The number of halogens is 1. The fraction of sp³-hybridized carbons (Fsp3) is 0.520. The Labute approximate surface area is 203 Å². The number of hydrogen-bond acceptors (Lipinski definition) is 7. The van der Waals surface area contributed by atoms with E-state index in [4.69, 9.17) is 21.6 Å². The smallest absolute Gasteiger partial charge is 0.272 e. The van der Waals surface area contributed by atoms with Gasteiger partial charge in [-0.2, -0.15) is 5.26 Å². The molecule has 1 amide bonds. The Morgan fingerprint density at radius 2 is 1.97 bits per heavy atom. The summed E-state index contributed by atoms with van der Waals surface area (Å²) in [7, 11) is 0. The predicted molar refractivity (Wildman–Crippen MR) is 127 cm³/mol. The van der Waals surface area contributed by atoms with Crippen molar-refractivity contribution in [2.24, 2.45) is 5.41 Å². The number of carbonyl (C=O) groups excluding carboxylic acids is 1. The average Bonchev–Trinajstić information content (AvgIpc) is 3.22. The second kappa shape index (κ2) is 9.40. The van der Waals surface area contributed by atoms with Crippen LogP contribution >= 0.6 is 11.6 Å². The van der Waals surface area contributed by atoms with E-state index in [1.165, 1.54) is 0 Å². The molecular formula is C25H28ClN5O3. The molecule has 1 aromatic carbocycles. The van der Waals surface area contributed by atoms with Gasteiger partial charge in [0.25, 0.3) is 5.91 Å². The molecule has 3 fully saturated rings. The van der Waals surface area contributed by atoms with E-state index in [9.17, 15) is 9.90 Å². The second-order valence-electron chi connectivity index (χ2n) is 9.85. The van der Waals surface area contributed by atoms with E-state index < -0.39 is 0 Å². The van der Waals surface area contributed by atoms with Crippen LogP contribution in [0.15, 0.2) is 30.3 Å². The lowest BCUT2D eigenvalue weighted by Gasteiger charge is -2.48. The Balaban J connectivity index is 1.08. The Morgan fingerprint density at radius 1 is 1.18 bits per heavy atom. The number of aliphatic hydroxyl groups is 1. The number of hydrogen-bond donors (Lipinski definition) is 2. The van der Waals surface area contributed by atoms with E-state index in [-0.39, 0.29) is 29.6 Å². The quantitative estimate of drug-likeness (QED) is 0.672. The molecule has 178 valence electrons. The molecule has 1 saturated heterocycles. The van der Waals surface area contributed by atoms with Gasteiger partial charge in [-0.1, -0.05) is 11.6 Å². The van der Waals surface area contributed by atoms with Crippen molar-refractivity contribution in [3.8, 4) is 11.8 Å². The Hall–Kier alpha value is -2.89. The molecular weight excluding hydrogens is 454 g/mol. The molecule has 1 unspecified atom stereocenters. The van der Waals surface area contributed by atoms with Crippen molar-refractivity contribution in [3.05, 3.63) is 46.6 Å². The number of anilines is 1. The van der Waals surface area contributed by atoms with Crippen LogP contribution in [0.2, 0.25) is 5.02 Å². The molecule has 9 heteroatoms. The summed E-state index contributed by atoms with van der Waals surface area (Å²) in [5.41, 5.74) is 0.978. The lowest BCUT2D eigenvalue weighted by molar-refractivity contribution is 0.0888. The van der Waals surface area contributed by atoms with E-state index in [2.05, 4.69) is 20.4 Å². The molecule has 2 aromatic rings. The standard InChI is InChI=1S/C25H28ClN5O3/c26-21-11-20(4-1-16(21)13-27)34-19-5-2-17(3-6-19)28-24(33)22-7-8-23(30-29-22)31-14-25(15-31)10-9-18(32)12-25/h1,4,7-8,11,17-19,32H,2-3,5-6,9-10,12,14-15H2,(H,28,33). The highest BCUT2D eigenvalue weighted by Gasteiger charge is 2.48. The molecule has 5 rings (SSSR count). The summed E-state index contributed by atoms with van der Waals surface area (Å²) in [6.07, 6.45) is 5.96. The van der Waals surface area contributed by atoms with Gasteiger partial charge in [-0.05, 0) is 69.2 Å². The van der Waals surface area contributed by atoms with Gasteiger partial charge < -0.3 is 20.1 Å². The third kappa shape index (κ3) is 4.82. The fourth-order valence-electron chi connectivity index (χ4n) is 5.44. The van der Waals surface area contributed by atoms with E-state index in [1.54, 1.807) is 24.3 Å². The predicted octanol–water partition coefficient (Wildman–Crippen LogP) is 3.47. The van der Waals surface area contributed by atoms with Crippen LogP contribution in [0.5, 0.6) is 5.75 Å². The van der Waals surface area contributed by atoms with Gasteiger partial charge in [0.05, 0.1) is 22.8 Å². The third-order valence-corrected chi connectivity index (χ3v) is 7.62. The van der Waals surface area contributed by atoms with Gasteiger partial charge in [0.2, 0.25) is 0 Å². The van der Waals surface area contributed by atoms with Crippen molar-refractivity contribution in [2.45, 2.75) is 63.2 Å².